The smallest absolute Gasteiger partial charge is 0.113 e. The molecule has 2 heteroatoms. The van der Waals surface area contributed by atoms with Gasteiger partial charge in [0.15, 0.2) is 0 Å². The van der Waals surface area contributed by atoms with E-state index < -0.39 is 0 Å². The van der Waals surface area contributed by atoms with E-state index in [0.29, 0.717) is 5.92 Å². The van der Waals surface area contributed by atoms with Crippen molar-refractivity contribution in [2.45, 2.75) is 19.8 Å². The van der Waals surface area contributed by atoms with Gasteiger partial charge in [0.05, 0.1) is 0 Å². The van der Waals surface area contributed by atoms with Crippen LogP contribution in [0.2, 0.25) is 0 Å². The van der Waals surface area contributed by atoms with Crippen LogP contribution in [0.15, 0.2) is 18.3 Å². The molecule has 1 aromatic rings. The number of halogens is 1. The minimum absolute atomic E-state index is 0.541. The zero-order valence-corrected chi connectivity index (χ0v) is 9.29. The lowest BCUT2D eigenvalue weighted by Gasteiger charge is -2.02. The summed E-state index contributed by atoms with van der Waals surface area (Å²) >= 11 is 2.01. The molecular weight excluding hydrogens is 261 g/mol. The van der Waals surface area contributed by atoms with Gasteiger partial charge < -0.3 is 0 Å². The molecule has 0 saturated heterocycles. The molecule has 0 saturated carbocycles. The summed E-state index contributed by atoms with van der Waals surface area (Å²) in [5.41, 5.74) is 2.10. The van der Waals surface area contributed by atoms with Gasteiger partial charge in [0.1, 0.15) is 5.69 Å². The average molecular weight is 271 g/mol. The average Bonchev–Trinajstić information content (AvgIpc) is 2.06. The minimum Gasteiger partial charge on any atom is -0.247 e. The van der Waals surface area contributed by atoms with Crippen molar-refractivity contribution < 1.29 is 0 Å². The summed E-state index contributed by atoms with van der Waals surface area (Å²) in [6, 6.07) is 4.04. The monoisotopic (exact) mass is 271 g/mol. The zero-order chi connectivity index (χ0) is 8.97. The van der Waals surface area contributed by atoms with E-state index in [0.717, 1.165) is 5.69 Å². The van der Waals surface area contributed by atoms with Crippen LogP contribution in [0, 0.1) is 9.85 Å². The third kappa shape index (κ3) is 2.49. The van der Waals surface area contributed by atoms with Gasteiger partial charge in [-0.3, -0.25) is 0 Å². The highest BCUT2D eigenvalue weighted by Gasteiger charge is 1.97. The number of hydrogen-bond acceptors (Lipinski definition) is 1. The Bertz CT molecular complexity index is 303. The van der Waals surface area contributed by atoms with Crippen molar-refractivity contribution in [3.63, 3.8) is 0 Å². The zero-order valence-electron chi connectivity index (χ0n) is 7.13. The maximum Gasteiger partial charge on any atom is 0.113 e. The molecule has 0 spiro atoms. The van der Waals surface area contributed by atoms with Crippen molar-refractivity contribution in [1.82, 2.24) is 4.98 Å². The van der Waals surface area contributed by atoms with Crippen molar-refractivity contribution in [2.24, 2.45) is 0 Å². The lowest BCUT2D eigenvalue weighted by Crippen LogP contribution is -1.89. The van der Waals surface area contributed by atoms with Crippen molar-refractivity contribution in [2.75, 3.05) is 0 Å². The SMILES string of the molecule is CC(C)c1ccc(C#CI)nc1. The second-order valence-corrected chi connectivity index (χ2v) is 3.39. The third-order valence-corrected chi connectivity index (χ3v) is 1.90. The van der Waals surface area contributed by atoms with Gasteiger partial charge in [-0.05, 0) is 27.4 Å². The van der Waals surface area contributed by atoms with Crippen LogP contribution < -0.4 is 0 Å². The predicted molar refractivity (Wildman–Crippen MR) is 59.2 cm³/mol. The van der Waals surface area contributed by atoms with Gasteiger partial charge >= 0.3 is 0 Å². The van der Waals surface area contributed by atoms with Gasteiger partial charge in [-0.25, -0.2) is 4.98 Å². The Balaban J connectivity index is 2.90. The van der Waals surface area contributed by atoms with Gasteiger partial charge in [0, 0.05) is 28.8 Å². The van der Waals surface area contributed by atoms with Gasteiger partial charge in [0.2, 0.25) is 0 Å². The summed E-state index contributed by atoms with van der Waals surface area (Å²) in [5, 5.41) is 0. The van der Waals surface area contributed by atoms with Crippen LogP contribution in [0.1, 0.15) is 31.0 Å². The molecule has 0 amide bonds. The molecule has 1 nitrogen and oxygen atoms in total. The first-order valence-electron chi connectivity index (χ1n) is 3.81. The first kappa shape index (κ1) is 9.53. The normalized spacial score (nSPS) is 9.33. The van der Waals surface area contributed by atoms with Crippen LogP contribution in [0.5, 0.6) is 0 Å². The van der Waals surface area contributed by atoms with Gasteiger partial charge in [-0.2, -0.15) is 0 Å². The molecule has 0 aromatic carbocycles. The fraction of sp³-hybridized carbons (Fsp3) is 0.300. The Morgan fingerprint density at radius 1 is 1.42 bits per heavy atom. The Morgan fingerprint density at radius 3 is 2.58 bits per heavy atom. The van der Waals surface area contributed by atoms with Crippen LogP contribution in [-0.2, 0) is 0 Å². The van der Waals surface area contributed by atoms with Gasteiger partial charge in [-0.1, -0.05) is 19.9 Å². The van der Waals surface area contributed by atoms with Crippen molar-refractivity contribution in [3.8, 4) is 9.85 Å². The van der Waals surface area contributed by atoms with Crippen LogP contribution >= 0.6 is 22.6 Å². The minimum atomic E-state index is 0.541. The van der Waals surface area contributed by atoms with E-state index in [4.69, 9.17) is 0 Å². The number of nitrogens with zero attached hydrogens (tertiary/aromatic N) is 1. The highest BCUT2D eigenvalue weighted by atomic mass is 127. The summed E-state index contributed by atoms with van der Waals surface area (Å²) < 4.78 is 2.79. The molecule has 0 fully saturated rings. The fourth-order valence-electron chi connectivity index (χ4n) is 0.869. The first-order chi connectivity index (χ1) is 5.74. The van der Waals surface area contributed by atoms with E-state index >= 15 is 0 Å². The van der Waals surface area contributed by atoms with Gasteiger partial charge in [-0.15, -0.1) is 0 Å². The van der Waals surface area contributed by atoms with Crippen molar-refractivity contribution in [3.05, 3.63) is 29.6 Å². The maximum absolute atomic E-state index is 4.21. The third-order valence-electron chi connectivity index (χ3n) is 1.63. The van der Waals surface area contributed by atoms with E-state index in [1.807, 2.05) is 34.9 Å². The highest BCUT2D eigenvalue weighted by Crippen LogP contribution is 2.12. The number of aromatic nitrogens is 1. The summed E-state index contributed by atoms with van der Waals surface area (Å²) in [5.74, 6) is 3.44. The van der Waals surface area contributed by atoms with E-state index in [-0.39, 0.29) is 0 Å². The van der Waals surface area contributed by atoms with Crippen molar-refractivity contribution in [1.29, 1.82) is 0 Å². The largest absolute Gasteiger partial charge is 0.247 e. The standard InChI is InChI=1S/C10H10IN/c1-8(2)9-3-4-10(5-6-11)12-7-9/h3-4,7-8H,1-2H3. The molecule has 1 aromatic heterocycles. The molecule has 0 aliphatic heterocycles. The van der Waals surface area contributed by atoms with Crippen LogP contribution in [-0.4, -0.2) is 4.98 Å². The first-order valence-corrected chi connectivity index (χ1v) is 4.89. The Labute approximate surface area is 86.7 Å². The van der Waals surface area contributed by atoms with Crippen LogP contribution in [0.25, 0.3) is 0 Å². The molecule has 0 unspecified atom stereocenters. The summed E-state index contributed by atoms with van der Waals surface area (Å²) in [7, 11) is 0. The van der Waals surface area contributed by atoms with E-state index in [1.54, 1.807) is 0 Å². The molecule has 62 valence electrons. The predicted octanol–water partition coefficient (Wildman–Crippen LogP) is 2.95. The number of rotatable bonds is 1. The molecular formula is C10H10IN. The van der Waals surface area contributed by atoms with Crippen molar-refractivity contribution >= 4 is 22.6 Å². The molecule has 0 aliphatic rings. The maximum atomic E-state index is 4.21. The second-order valence-electron chi connectivity index (χ2n) is 2.85. The topological polar surface area (TPSA) is 12.9 Å². The van der Waals surface area contributed by atoms with Gasteiger partial charge in [0.25, 0.3) is 0 Å². The summed E-state index contributed by atoms with van der Waals surface area (Å²) in [6.45, 7) is 4.31. The molecule has 0 bridgehead atoms. The summed E-state index contributed by atoms with van der Waals surface area (Å²) in [6.07, 6.45) is 1.89. The molecule has 0 aliphatic carbocycles. The molecule has 0 N–H and O–H groups in total. The quantitative estimate of drug-likeness (QED) is 0.565. The fourth-order valence-corrected chi connectivity index (χ4v) is 1.15. The molecule has 1 heterocycles. The van der Waals surface area contributed by atoms with E-state index in [2.05, 4.69) is 34.7 Å². The lowest BCUT2D eigenvalue weighted by atomic mass is 10.1. The van der Waals surface area contributed by atoms with Crippen LogP contribution in [0.4, 0.5) is 0 Å². The number of pyridine rings is 1. The highest BCUT2D eigenvalue weighted by molar-refractivity contribution is 14.1. The Hall–Kier alpha value is -0.560. The Morgan fingerprint density at radius 2 is 2.17 bits per heavy atom. The van der Waals surface area contributed by atoms with Crippen LogP contribution in [0.3, 0.4) is 0 Å². The lowest BCUT2D eigenvalue weighted by molar-refractivity contribution is 0.857. The molecule has 12 heavy (non-hydrogen) atoms. The number of hydrogen-bond donors (Lipinski definition) is 0. The summed E-state index contributed by atoms with van der Waals surface area (Å²) in [4.78, 5) is 4.21. The van der Waals surface area contributed by atoms with E-state index in [1.165, 1.54) is 5.56 Å². The molecule has 1 rings (SSSR count). The molecule has 0 atom stereocenters. The Kier molecular flexibility index (Phi) is 3.54. The van der Waals surface area contributed by atoms with E-state index in [9.17, 15) is 0 Å². The molecule has 0 radical (unpaired) electrons. The second kappa shape index (κ2) is 4.46.